The average molecular weight is 298 g/mol. The van der Waals surface area contributed by atoms with Crippen LogP contribution in [0.4, 0.5) is 0 Å². The molecule has 0 saturated carbocycles. The zero-order valence-corrected chi connectivity index (χ0v) is 13.5. The number of rotatable bonds is 0. The second kappa shape index (κ2) is 5.23. The quantitative estimate of drug-likeness (QED) is 0.649. The summed E-state index contributed by atoms with van der Waals surface area (Å²) in [5.74, 6) is 1.53. The smallest absolute Gasteiger partial charge is 0.00585 e. The molecule has 0 fully saturated rings. The first-order chi connectivity index (χ1) is 11.4. The minimum absolute atomic E-state index is 0.767. The van der Waals surface area contributed by atoms with Crippen LogP contribution in [-0.4, -0.2) is 0 Å². The third-order valence-corrected chi connectivity index (χ3v) is 6.09. The van der Waals surface area contributed by atoms with Crippen molar-refractivity contribution < 1.29 is 0 Å². The van der Waals surface area contributed by atoms with E-state index in [0.29, 0.717) is 0 Å². The molecule has 3 aliphatic carbocycles. The largest absolute Gasteiger partial charge is 0.0761 e. The Kier molecular flexibility index (Phi) is 3.04. The van der Waals surface area contributed by atoms with Crippen molar-refractivity contribution in [1.29, 1.82) is 0 Å². The van der Waals surface area contributed by atoms with Crippen LogP contribution < -0.4 is 10.4 Å². The summed E-state index contributed by atoms with van der Waals surface area (Å²) in [6, 6.07) is 17.9. The summed E-state index contributed by atoms with van der Waals surface area (Å²) in [4.78, 5) is 0. The van der Waals surface area contributed by atoms with E-state index < -0.39 is 0 Å². The van der Waals surface area contributed by atoms with Crippen LogP contribution in [0.3, 0.4) is 0 Å². The second-order valence-corrected chi connectivity index (χ2v) is 7.31. The molecule has 0 N–H and O–H groups in total. The van der Waals surface area contributed by atoms with Crippen LogP contribution >= 0.6 is 0 Å². The summed E-state index contributed by atoms with van der Waals surface area (Å²) < 4.78 is 0. The molecule has 0 saturated heterocycles. The van der Waals surface area contributed by atoms with Crippen LogP contribution in [0.5, 0.6) is 0 Å². The van der Waals surface area contributed by atoms with Crippen molar-refractivity contribution in [2.45, 2.75) is 32.1 Å². The van der Waals surface area contributed by atoms with E-state index in [-0.39, 0.29) is 0 Å². The van der Waals surface area contributed by atoms with Crippen molar-refractivity contribution in [3.8, 4) is 0 Å². The molecule has 3 aliphatic rings. The van der Waals surface area contributed by atoms with Crippen LogP contribution in [-0.2, 0) is 12.8 Å². The molecule has 0 aromatic heterocycles. The van der Waals surface area contributed by atoms with E-state index >= 15 is 0 Å². The lowest BCUT2D eigenvalue weighted by molar-refractivity contribution is 0.519. The first kappa shape index (κ1) is 13.4. The number of allylic oxidation sites excluding steroid dienone is 2. The molecule has 2 atom stereocenters. The van der Waals surface area contributed by atoms with Gasteiger partial charge >= 0.3 is 0 Å². The van der Waals surface area contributed by atoms with Gasteiger partial charge < -0.3 is 0 Å². The molecular weight excluding hydrogens is 276 g/mol. The fourth-order valence-electron chi connectivity index (χ4n) is 4.88. The van der Waals surface area contributed by atoms with Gasteiger partial charge in [0.2, 0.25) is 0 Å². The molecule has 0 heteroatoms. The molecule has 2 bridgehead atoms. The van der Waals surface area contributed by atoms with Crippen LogP contribution in [0.25, 0.3) is 12.2 Å². The molecule has 0 spiro atoms. The van der Waals surface area contributed by atoms with E-state index in [1.54, 1.807) is 22.3 Å². The van der Waals surface area contributed by atoms with E-state index in [0.717, 1.165) is 11.8 Å². The first-order valence-corrected chi connectivity index (χ1v) is 8.92. The fraction of sp³-hybridized carbons (Fsp3) is 0.304. The van der Waals surface area contributed by atoms with E-state index in [4.69, 9.17) is 0 Å². The van der Waals surface area contributed by atoms with Crippen LogP contribution in [0.1, 0.15) is 30.4 Å². The molecule has 5 rings (SSSR count). The van der Waals surface area contributed by atoms with Crippen molar-refractivity contribution >= 4 is 12.2 Å². The monoisotopic (exact) mass is 298 g/mol. The minimum atomic E-state index is 0.767. The zero-order chi connectivity index (χ0) is 15.2. The molecule has 23 heavy (non-hydrogen) atoms. The van der Waals surface area contributed by atoms with Gasteiger partial charge in [-0.05, 0) is 65.5 Å². The highest BCUT2D eigenvalue weighted by Crippen LogP contribution is 2.46. The summed E-state index contributed by atoms with van der Waals surface area (Å²) in [6.45, 7) is 0. The van der Waals surface area contributed by atoms with Gasteiger partial charge in [0.25, 0.3) is 0 Å². The van der Waals surface area contributed by atoms with Crippen molar-refractivity contribution in [3.63, 3.8) is 0 Å². The highest BCUT2D eigenvalue weighted by molar-refractivity contribution is 5.47. The molecule has 2 aromatic carbocycles. The summed E-state index contributed by atoms with van der Waals surface area (Å²) in [7, 11) is 0. The fourth-order valence-corrected chi connectivity index (χ4v) is 4.88. The number of fused-ring (bicyclic) bond motifs is 6. The normalized spacial score (nSPS) is 28.0. The third-order valence-electron chi connectivity index (χ3n) is 6.09. The third kappa shape index (κ3) is 2.20. The van der Waals surface area contributed by atoms with Gasteiger partial charge in [-0.25, -0.2) is 0 Å². The summed E-state index contributed by atoms with van der Waals surface area (Å²) in [5.41, 5.74) is 6.69. The Hall–Kier alpha value is -2.08. The predicted molar refractivity (Wildman–Crippen MR) is 96.3 cm³/mol. The van der Waals surface area contributed by atoms with Crippen molar-refractivity contribution in [2.24, 2.45) is 11.8 Å². The summed E-state index contributed by atoms with van der Waals surface area (Å²) in [6.07, 6.45) is 11.1. The topological polar surface area (TPSA) is 0 Å². The highest BCUT2D eigenvalue weighted by atomic mass is 14.4. The van der Waals surface area contributed by atoms with Gasteiger partial charge in [-0.3, -0.25) is 0 Å². The zero-order valence-electron chi connectivity index (χ0n) is 13.5. The molecule has 0 heterocycles. The van der Waals surface area contributed by atoms with Crippen LogP contribution in [0.2, 0.25) is 0 Å². The predicted octanol–water partition coefficient (Wildman–Crippen LogP) is 3.77. The van der Waals surface area contributed by atoms with Crippen molar-refractivity contribution in [2.75, 3.05) is 0 Å². The summed E-state index contributed by atoms with van der Waals surface area (Å²) >= 11 is 0. The van der Waals surface area contributed by atoms with Crippen LogP contribution in [0, 0.1) is 11.8 Å². The molecule has 0 aliphatic heterocycles. The maximum Gasteiger partial charge on any atom is -0.00585 e. The van der Waals surface area contributed by atoms with Gasteiger partial charge in [0.05, 0.1) is 0 Å². The second-order valence-electron chi connectivity index (χ2n) is 7.31. The molecule has 2 aromatic rings. The molecule has 0 nitrogen and oxygen atoms in total. The number of benzene rings is 2. The van der Waals surface area contributed by atoms with E-state index in [9.17, 15) is 0 Å². The van der Waals surface area contributed by atoms with Gasteiger partial charge in [-0.15, -0.1) is 0 Å². The maximum absolute atomic E-state index is 2.48. The Morgan fingerprint density at radius 3 is 1.61 bits per heavy atom. The van der Waals surface area contributed by atoms with Gasteiger partial charge in [-0.2, -0.15) is 0 Å². The lowest BCUT2D eigenvalue weighted by atomic mass is 9.82. The van der Waals surface area contributed by atoms with Crippen molar-refractivity contribution in [1.82, 2.24) is 0 Å². The number of hydrogen-bond donors (Lipinski definition) is 0. The average Bonchev–Trinajstić information content (AvgIpc) is 2.97. The SMILES string of the molecule is C1=c2/cccc/c2=C\CC2CC(C/1)C1=C2Cc2ccccc2C1. The molecule has 0 radical (unpaired) electrons. The van der Waals surface area contributed by atoms with E-state index in [2.05, 4.69) is 60.7 Å². The Morgan fingerprint density at radius 2 is 1.09 bits per heavy atom. The molecule has 2 unspecified atom stereocenters. The Morgan fingerprint density at radius 1 is 0.609 bits per heavy atom. The maximum atomic E-state index is 2.48. The standard InChI is InChI=1S/C23H22/c1-2-6-17-10-12-21-13-20(11-9-16(17)5-1)22-14-18-7-3-4-8-19(18)15-23(21)22/h1-10,20-21H,11-15H2/b16-9-,17-10+. The van der Waals surface area contributed by atoms with Crippen LogP contribution in [0.15, 0.2) is 59.7 Å². The highest BCUT2D eigenvalue weighted by Gasteiger charge is 2.35. The van der Waals surface area contributed by atoms with Crippen molar-refractivity contribution in [3.05, 3.63) is 81.2 Å². The van der Waals surface area contributed by atoms with E-state index in [1.165, 1.54) is 42.5 Å². The Balaban J connectivity index is 1.58. The van der Waals surface area contributed by atoms with Gasteiger partial charge in [0.1, 0.15) is 0 Å². The molecule has 114 valence electrons. The lowest BCUT2D eigenvalue weighted by Crippen LogP contribution is -2.24. The van der Waals surface area contributed by atoms with Gasteiger partial charge in [0.15, 0.2) is 0 Å². The summed E-state index contributed by atoms with van der Waals surface area (Å²) in [5, 5.41) is 2.86. The minimum Gasteiger partial charge on any atom is -0.0761 e. The number of hydrogen-bond acceptors (Lipinski definition) is 0. The lowest BCUT2D eigenvalue weighted by Gasteiger charge is -2.23. The first-order valence-electron chi connectivity index (χ1n) is 8.92. The Labute approximate surface area is 137 Å². The van der Waals surface area contributed by atoms with Gasteiger partial charge in [-0.1, -0.05) is 71.8 Å². The van der Waals surface area contributed by atoms with Gasteiger partial charge in [0, 0.05) is 0 Å². The van der Waals surface area contributed by atoms with E-state index in [1.807, 2.05) is 0 Å². The molecule has 0 amide bonds. The molecular formula is C23H22. The Bertz CT molecular complexity index is 839.